The normalized spacial score (nSPS) is 29.2. The lowest BCUT2D eigenvalue weighted by Crippen LogP contribution is -2.32. The van der Waals surface area contributed by atoms with Crippen LogP contribution in [0, 0.1) is 5.92 Å². The van der Waals surface area contributed by atoms with Gasteiger partial charge in [0.05, 0.1) is 5.60 Å². The van der Waals surface area contributed by atoms with E-state index < -0.39 is 5.60 Å². The standard InChI is InChI=1S/C16H22O/c17-16(12-13-6-1-2-7-13)11-5-9-14-8-3-4-10-15(14)16/h3-4,8,10,13,17H,1-2,5-7,9,11-12H2. The third kappa shape index (κ3) is 2.13. The van der Waals surface area contributed by atoms with Gasteiger partial charge in [0.25, 0.3) is 0 Å². The van der Waals surface area contributed by atoms with E-state index >= 15 is 0 Å². The number of rotatable bonds is 2. The van der Waals surface area contributed by atoms with Gasteiger partial charge in [0.1, 0.15) is 0 Å². The Labute approximate surface area is 104 Å². The second-order valence-corrected chi connectivity index (χ2v) is 5.90. The van der Waals surface area contributed by atoms with E-state index in [1.165, 1.54) is 36.8 Å². The number of fused-ring (bicyclic) bond motifs is 1. The molecule has 2 aliphatic rings. The van der Waals surface area contributed by atoms with E-state index in [0.717, 1.165) is 31.6 Å². The van der Waals surface area contributed by atoms with Crippen LogP contribution >= 0.6 is 0 Å². The van der Waals surface area contributed by atoms with Crippen molar-refractivity contribution in [2.24, 2.45) is 5.92 Å². The minimum absolute atomic E-state index is 0.524. The molecular formula is C16H22O. The summed E-state index contributed by atoms with van der Waals surface area (Å²) >= 11 is 0. The fourth-order valence-corrected chi connectivity index (χ4v) is 3.80. The molecule has 0 bridgehead atoms. The molecule has 92 valence electrons. The van der Waals surface area contributed by atoms with Gasteiger partial charge in [-0.3, -0.25) is 0 Å². The topological polar surface area (TPSA) is 20.2 Å². The average Bonchev–Trinajstić information content (AvgIpc) is 2.82. The van der Waals surface area contributed by atoms with E-state index in [4.69, 9.17) is 0 Å². The van der Waals surface area contributed by atoms with Gasteiger partial charge in [-0.25, -0.2) is 0 Å². The summed E-state index contributed by atoms with van der Waals surface area (Å²) in [6, 6.07) is 8.50. The van der Waals surface area contributed by atoms with Crippen LogP contribution in [0.15, 0.2) is 24.3 Å². The molecule has 0 aromatic heterocycles. The molecule has 1 nitrogen and oxygen atoms in total. The van der Waals surface area contributed by atoms with Crippen LogP contribution in [0.1, 0.15) is 56.1 Å². The van der Waals surface area contributed by atoms with Crippen LogP contribution in [-0.4, -0.2) is 5.11 Å². The van der Waals surface area contributed by atoms with Crippen molar-refractivity contribution in [2.45, 2.75) is 57.0 Å². The molecule has 1 aromatic rings. The summed E-state index contributed by atoms with van der Waals surface area (Å²) in [5.41, 5.74) is 2.07. The first-order valence-corrected chi connectivity index (χ1v) is 7.09. The van der Waals surface area contributed by atoms with Crippen LogP contribution in [0.25, 0.3) is 0 Å². The maximum atomic E-state index is 11.0. The van der Waals surface area contributed by atoms with E-state index in [1.807, 2.05) is 0 Å². The molecular weight excluding hydrogens is 208 g/mol. The van der Waals surface area contributed by atoms with Crippen LogP contribution in [-0.2, 0) is 12.0 Å². The molecule has 1 saturated carbocycles. The zero-order valence-electron chi connectivity index (χ0n) is 10.5. The Kier molecular flexibility index (Phi) is 2.96. The van der Waals surface area contributed by atoms with Crippen molar-refractivity contribution in [1.29, 1.82) is 0 Å². The Morgan fingerprint density at radius 2 is 1.88 bits per heavy atom. The van der Waals surface area contributed by atoms with Gasteiger partial charge >= 0.3 is 0 Å². The van der Waals surface area contributed by atoms with Crippen LogP contribution < -0.4 is 0 Å². The molecule has 0 heterocycles. The van der Waals surface area contributed by atoms with Crippen molar-refractivity contribution in [1.82, 2.24) is 0 Å². The Morgan fingerprint density at radius 1 is 1.12 bits per heavy atom. The molecule has 0 saturated heterocycles. The Morgan fingerprint density at radius 3 is 2.71 bits per heavy atom. The third-order valence-electron chi connectivity index (χ3n) is 4.66. The lowest BCUT2D eigenvalue weighted by Gasteiger charge is -2.36. The largest absolute Gasteiger partial charge is 0.385 e. The molecule has 2 aliphatic carbocycles. The van der Waals surface area contributed by atoms with E-state index in [0.29, 0.717) is 0 Å². The van der Waals surface area contributed by atoms with Gasteiger partial charge in [0.15, 0.2) is 0 Å². The molecule has 1 unspecified atom stereocenters. The van der Waals surface area contributed by atoms with Gasteiger partial charge in [0.2, 0.25) is 0 Å². The molecule has 0 aliphatic heterocycles. The van der Waals surface area contributed by atoms with E-state index in [1.54, 1.807) is 0 Å². The van der Waals surface area contributed by atoms with Gasteiger partial charge in [-0.2, -0.15) is 0 Å². The zero-order valence-corrected chi connectivity index (χ0v) is 10.5. The van der Waals surface area contributed by atoms with E-state index in [2.05, 4.69) is 24.3 Å². The van der Waals surface area contributed by atoms with Gasteiger partial charge < -0.3 is 5.11 Å². The molecule has 0 radical (unpaired) electrons. The summed E-state index contributed by atoms with van der Waals surface area (Å²) in [6.45, 7) is 0. The van der Waals surface area contributed by atoms with Crippen LogP contribution in [0.5, 0.6) is 0 Å². The summed E-state index contributed by atoms with van der Waals surface area (Å²) in [5, 5.41) is 11.0. The Hall–Kier alpha value is -0.820. The monoisotopic (exact) mass is 230 g/mol. The summed E-state index contributed by atoms with van der Waals surface area (Å²) in [4.78, 5) is 0. The SMILES string of the molecule is OC1(CC2CCCC2)CCCc2ccccc21. The summed E-state index contributed by atoms with van der Waals surface area (Å²) < 4.78 is 0. The Bertz CT molecular complexity index is 392. The third-order valence-corrected chi connectivity index (χ3v) is 4.66. The number of hydrogen-bond donors (Lipinski definition) is 1. The maximum absolute atomic E-state index is 11.0. The number of hydrogen-bond acceptors (Lipinski definition) is 1. The summed E-state index contributed by atoms with van der Waals surface area (Å²) in [7, 11) is 0. The average molecular weight is 230 g/mol. The zero-order chi connectivity index (χ0) is 11.7. The van der Waals surface area contributed by atoms with Crippen molar-refractivity contribution in [3.63, 3.8) is 0 Å². The lowest BCUT2D eigenvalue weighted by molar-refractivity contribution is -0.00472. The second-order valence-electron chi connectivity index (χ2n) is 5.90. The first-order valence-electron chi connectivity index (χ1n) is 7.09. The lowest BCUT2D eigenvalue weighted by atomic mass is 9.74. The highest BCUT2D eigenvalue weighted by molar-refractivity contribution is 5.34. The van der Waals surface area contributed by atoms with Crippen molar-refractivity contribution < 1.29 is 5.11 Å². The van der Waals surface area contributed by atoms with Crippen molar-refractivity contribution in [3.8, 4) is 0 Å². The Balaban J connectivity index is 1.86. The van der Waals surface area contributed by atoms with Crippen molar-refractivity contribution in [3.05, 3.63) is 35.4 Å². The first-order chi connectivity index (χ1) is 8.28. The van der Waals surface area contributed by atoms with Crippen LogP contribution in [0.4, 0.5) is 0 Å². The van der Waals surface area contributed by atoms with Crippen LogP contribution in [0.2, 0.25) is 0 Å². The molecule has 1 fully saturated rings. The van der Waals surface area contributed by atoms with Crippen molar-refractivity contribution in [2.75, 3.05) is 0 Å². The first kappa shape index (κ1) is 11.3. The van der Waals surface area contributed by atoms with Crippen molar-refractivity contribution >= 4 is 0 Å². The molecule has 0 spiro atoms. The molecule has 0 amide bonds. The molecule has 17 heavy (non-hydrogen) atoms. The van der Waals surface area contributed by atoms with E-state index in [9.17, 15) is 5.11 Å². The quantitative estimate of drug-likeness (QED) is 0.819. The number of aliphatic hydroxyl groups is 1. The minimum atomic E-state index is -0.524. The number of benzene rings is 1. The fraction of sp³-hybridized carbons (Fsp3) is 0.625. The summed E-state index contributed by atoms with van der Waals surface area (Å²) in [6.07, 6.45) is 9.60. The maximum Gasteiger partial charge on any atom is 0.0902 e. The highest BCUT2D eigenvalue weighted by Gasteiger charge is 2.36. The predicted molar refractivity (Wildman–Crippen MR) is 69.9 cm³/mol. The molecule has 1 heteroatoms. The molecule has 1 N–H and O–H groups in total. The van der Waals surface area contributed by atoms with Gasteiger partial charge in [-0.05, 0) is 42.7 Å². The van der Waals surface area contributed by atoms with Gasteiger partial charge in [0, 0.05) is 0 Å². The molecule has 1 aromatic carbocycles. The van der Waals surface area contributed by atoms with E-state index in [-0.39, 0.29) is 0 Å². The number of aryl methyl sites for hydroxylation is 1. The highest BCUT2D eigenvalue weighted by Crippen LogP contribution is 2.43. The highest BCUT2D eigenvalue weighted by atomic mass is 16.3. The predicted octanol–water partition coefficient (Wildman–Crippen LogP) is 3.79. The molecule has 3 rings (SSSR count). The van der Waals surface area contributed by atoms with Gasteiger partial charge in [-0.15, -0.1) is 0 Å². The second kappa shape index (κ2) is 4.45. The van der Waals surface area contributed by atoms with Crippen LogP contribution in [0.3, 0.4) is 0 Å². The minimum Gasteiger partial charge on any atom is -0.385 e. The fourth-order valence-electron chi connectivity index (χ4n) is 3.80. The smallest absolute Gasteiger partial charge is 0.0902 e. The summed E-state index contributed by atoms with van der Waals surface area (Å²) in [5.74, 6) is 0.756. The molecule has 1 atom stereocenters. The van der Waals surface area contributed by atoms with Gasteiger partial charge in [-0.1, -0.05) is 49.9 Å².